The van der Waals surface area contributed by atoms with Crippen molar-refractivity contribution >= 4 is 11.9 Å². The molecule has 0 aliphatic carbocycles. The molecule has 25 heavy (non-hydrogen) atoms. The van der Waals surface area contributed by atoms with Crippen molar-refractivity contribution in [2.45, 2.75) is 104 Å². The monoisotopic (exact) mass is 356 g/mol. The van der Waals surface area contributed by atoms with E-state index in [-0.39, 0.29) is 11.9 Å². The number of ether oxygens (including phenoxy) is 2. The van der Waals surface area contributed by atoms with Crippen molar-refractivity contribution in [3.05, 3.63) is 0 Å². The first-order valence-corrected chi connectivity index (χ1v) is 10.4. The highest BCUT2D eigenvalue weighted by Crippen LogP contribution is 2.18. The number of hydrogen-bond donors (Lipinski definition) is 0. The van der Waals surface area contributed by atoms with E-state index in [4.69, 9.17) is 4.74 Å². The molecule has 0 aromatic rings. The SMILES string of the molecule is CCCCCCC(CCCC)COC(=O)CCCCCCC(=O)OC. The van der Waals surface area contributed by atoms with Crippen LogP contribution in [0.5, 0.6) is 0 Å². The predicted molar refractivity (Wildman–Crippen MR) is 102 cm³/mol. The Bertz CT molecular complexity index is 328. The number of hydrogen-bond acceptors (Lipinski definition) is 4. The summed E-state index contributed by atoms with van der Waals surface area (Å²) in [5, 5.41) is 0. The maximum absolute atomic E-state index is 11.9. The first-order valence-electron chi connectivity index (χ1n) is 10.4. The first-order chi connectivity index (χ1) is 12.1. The molecule has 1 unspecified atom stereocenters. The minimum atomic E-state index is -0.156. The Hall–Kier alpha value is -1.06. The molecular formula is C21H40O4. The lowest BCUT2D eigenvalue weighted by molar-refractivity contribution is -0.145. The third kappa shape index (κ3) is 16.2. The zero-order valence-corrected chi connectivity index (χ0v) is 16.8. The fraction of sp³-hybridized carbons (Fsp3) is 0.905. The van der Waals surface area contributed by atoms with Gasteiger partial charge in [-0.1, -0.05) is 65.2 Å². The molecule has 0 bridgehead atoms. The number of carbonyl (C=O) groups excluding carboxylic acids is 2. The summed E-state index contributed by atoms with van der Waals surface area (Å²) in [5.41, 5.74) is 0. The Labute approximate surface area is 155 Å². The van der Waals surface area contributed by atoms with Gasteiger partial charge in [0.2, 0.25) is 0 Å². The molecule has 1 atom stereocenters. The molecule has 0 N–H and O–H groups in total. The largest absolute Gasteiger partial charge is 0.469 e. The molecule has 0 aliphatic heterocycles. The lowest BCUT2D eigenvalue weighted by atomic mass is 9.96. The summed E-state index contributed by atoms with van der Waals surface area (Å²) in [6.45, 7) is 5.03. The summed E-state index contributed by atoms with van der Waals surface area (Å²) in [6.07, 6.45) is 14.4. The molecule has 0 aliphatic rings. The molecular weight excluding hydrogens is 316 g/mol. The predicted octanol–water partition coefficient (Wildman–Crippen LogP) is 5.82. The molecule has 0 fully saturated rings. The Morgan fingerprint density at radius 1 is 0.720 bits per heavy atom. The fourth-order valence-corrected chi connectivity index (χ4v) is 2.94. The van der Waals surface area contributed by atoms with Gasteiger partial charge < -0.3 is 9.47 Å². The summed E-state index contributed by atoms with van der Waals surface area (Å²) in [7, 11) is 1.41. The van der Waals surface area contributed by atoms with Crippen LogP contribution in [0.4, 0.5) is 0 Å². The summed E-state index contributed by atoms with van der Waals surface area (Å²) in [4.78, 5) is 22.9. The maximum atomic E-state index is 11.9. The molecule has 0 aromatic heterocycles. The van der Waals surface area contributed by atoms with E-state index in [0.717, 1.165) is 25.7 Å². The molecule has 0 amide bonds. The van der Waals surface area contributed by atoms with E-state index in [0.29, 0.717) is 25.4 Å². The second kappa shape index (κ2) is 17.8. The average molecular weight is 357 g/mol. The van der Waals surface area contributed by atoms with Crippen LogP contribution < -0.4 is 0 Å². The lowest BCUT2D eigenvalue weighted by Crippen LogP contribution is -2.14. The normalized spacial score (nSPS) is 12.0. The van der Waals surface area contributed by atoms with Gasteiger partial charge in [0.1, 0.15) is 0 Å². The van der Waals surface area contributed by atoms with Gasteiger partial charge in [0.15, 0.2) is 0 Å². The Balaban J connectivity index is 3.75. The van der Waals surface area contributed by atoms with Crippen molar-refractivity contribution in [3.63, 3.8) is 0 Å². The van der Waals surface area contributed by atoms with Crippen LogP contribution in [0.15, 0.2) is 0 Å². The molecule has 4 nitrogen and oxygen atoms in total. The zero-order chi connectivity index (χ0) is 18.8. The van der Waals surface area contributed by atoms with Gasteiger partial charge in [-0.25, -0.2) is 0 Å². The number of carbonyl (C=O) groups is 2. The molecule has 0 rings (SSSR count). The van der Waals surface area contributed by atoms with Gasteiger partial charge in [0.05, 0.1) is 13.7 Å². The van der Waals surface area contributed by atoms with E-state index in [2.05, 4.69) is 18.6 Å². The van der Waals surface area contributed by atoms with Crippen LogP contribution in [0.25, 0.3) is 0 Å². The molecule has 0 heterocycles. The van der Waals surface area contributed by atoms with E-state index >= 15 is 0 Å². The Morgan fingerprint density at radius 3 is 1.88 bits per heavy atom. The highest BCUT2D eigenvalue weighted by molar-refractivity contribution is 5.69. The molecule has 0 spiro atoms. The van der Waals surface area contributed by atoms with Gasteiger partial charge >= 0.3 is 11.9 Å². The van der Waals surface area contributed by atoms with E-state index in [1.807, 2.05) is 0 Å². The van der Waals surface area contributed by atoms with Crippen molar-refractivity contribution in [1.29, 1.82) is 0 Å². The summed E-state index contributed by atoms with van der Waals surface area (Å²) in [6, 6.07) is 0. The summed E-state index contributed by atoms with van der Waals surface area (Å²) < 4.78 is 10.1. The van der Waals surface area contributed by atoms with Gasteiger partial charge in [-0.15, -0.1) is 0 Å². The first kappa shape index (κ1) is 23.9. The van der Waals surface area contributed by atoms with Crippen molar-refractivity contribution in [2.75, 3.05) is 13.7 Å². The maximum Gasteiger partial charge on any atom is 0.305 e. The minimum absolute atomic E-state index is 0.0666. The molecule has 0 saturated heterocycles. The van der Waals surface area contributed by atoms with Crippen molar-refractivity contribution in [1.82, 2.24) is 0 Å². The quantitative estimate of drug-likeness (QED) is 0.243. The van der Waals surface area contributed by atoms with Gasteiger partial charge in [0.25, 0.3) is 0 Å². The second-order valence-corrected chi connectivity index (χ2v) is 7.03. The highest BCUT2D eigenvalue weighted by atomic mass is 16.5. The van der Waals surface area contributed by atoms with Crippen LogP contribution in [0.1, 0.15) is 104 Å². The third-order valence-electron chi connectivity index (χ3n) is 4.65. The van der Waals surface area contributed by atoms with E-state index in [1.54, 1.807) is 0 Å². The van der Waals surface area contributed by atoms with Gasteiger partial charge in [-0.2, -0.15) is 0 Å². The van der Waals surface area contributed by atoms with Crippen LogP contribution in [0, 0.1) is 5.92 Å². The second-order valence-electron chi connectivity index (χ2n) is 7.03. The minimum Gasteiger partial charge on any atom is -0.469 e. The van der Waals surface area contributed by atoms with Crippen LogP contribution in [-0.4, -0.2) is 25.7 Å². The molecule has 0 radical (unpaired) electrons. The molecule has 0 aromatic carbocycles. The summed E-state index contributed by atoms with van der Waals surface area (Å²) in [5.74, 6) is 0.306. The van der Waals surface area contributed by atoms with Crippen LogP contribution >= 0.6 is 0 Å². The van der Waals surface area contributed by atoms with Crippen LogP contribution in [0.2, 0.25) is 0 Å². The lowest BCUT2D eigenvalue weighted by Gasteiger charge is -2.16. The molecule has 0 saturated carbocycles. The smallest absolute Gasteiger partial charge is 0.305 e. The van der Waals surface area contributed by atoms with Gasteiger partial charge in [-0.05, 0) is 31.6 Å². The Morgan fingerprint density at radius 2 is 1.28 bits per heavy atom. The number of methoxy groups -OCH3 is 1. The van der Waals surface area contributed by atoms with E-state index in [1.165, 1.54) is 58.5 Å². The molecule has 148 valence electrons. The number of rotatable bonds is 17. The van der Waals surface area contributed by atoms with E-state index < -0.39 is 0 Å². The fourth-order valence-electron chi connectivity index (χ4n) is 2.94. The Kier molecular flexibility index (Phi) is 17.0. The van der Waals surface area contributed by atoms with Gasteiger partial charge in [-0.3, -0.25) is 9.59 Å². The van der Waals surface area contributed by atoms with Crippen molar-refractivity contribution in [2.24, 2.45) is 5.92 Å². The topological polar surface area (TPSA) is 52.6 Å². The average Bonchev–Trinajstić information content (AvgIpc) is 2.62. The van der Waals surface area contributed by atoms with Crippen LogP contribution in [-0.2, 0) is 19.1 Å². The van der Waals surface area contributed by atoms with Gasteiger partial charge in [0, 0.05) is 12.8 Å². The van der Waals surface area contributed by atoms with Crippen molar-refractivity contribution in [3.8, 4) is 0 Å². The molecule has 4 heteroatoms. The van der Waals surface area contributed by atoms with Crippen molar-refractivity contribution < 1.29 is 19.1 Å². The highest BCUT2D eigenvalue weighted by Gasteiger charge is 2.12. The zero-order valence-electron chi connectivity index (χ0n) is 16.8. The summed E-state index contributed by atoms with van der Waals surface area (Å²) >= 11 is 0. The standard InChI is InChI=1S/C21H40O4/c1-4-6-8-11-15-19(14-7-5-2)18-25-21(23)17-13-10-9-12-16-20(22)24-3/h19H,4-18H2,1-3H3. The number of esters is 2. The number of unbranched alkanes of at least 4 members (excludes halogenated alkanes) is 7. The van der Waals surface area contributed by atoms with Crippen LogP contribution in [0.3, 0.4) is 0 Å². The van der Waals surface area contributed by atoms with E-state index in [9.17, 15) is 9.59 Å². The third-order valence-corrected chi connectivity index (χ3v) is 4.65.